The lowest BCUT2D eigenvalue weighted by Gasteiger charge is -2.19. The molecule has 0 saturated carbocycles. The van der Waals surface area contributed by atoms with Gasteiger partial charge < -0.3 is 9.73 Å². The average molecular weight is 265 g/mol. The van der Waals surface area contributed by atoms with E-state index in [2.05, 4.69) is 39.1 Å². The highest BCUT2D eigenvalue weighted by atomic mass is 16.3. The van der Waals surface area contributed by atoms with Gasteiger partial charge in [-0.05, 0) is 40.2 Å². The van der Waals surface area contributed by atoms with Crippen LogP contribution in [0.15, 0.2) is 10.5 Å². The Morgan fingerprint density at radius 2 is 1.79 bits per heavy atom. The Kier molecular flexibility index (Phi) is 7.22. The van der Waals surface area contributed by atoms with Gasteiger partial charge in [0.05, 0.1) is 0 Å². The normalized spacial score (nSPS) is 14.6. The van der Waals surface area contributed by atoms with Gasteiger partial charge in [-0.3, -0.25) is 0 Å². The second-order valence-electron chi connectivity index (χ2n) is 5.86. The van der Waals surface area contributed by atoms with Gasteiger partial charge in [-0.15, -0.1) is 0 Å². The monoisotopic (exact) mass is 265 g/mol. The van der Waals surface area contributed by atoms with Crippen molar-refractivity contribution in [3.05, 3.63) is 23.2 Å². The Balaban J connectivity index is 2.28. The van der Waals surface area contributed by atoms with Gasteiger partial charge >= 0.3 is 0 Å². The Bertz CT molecular complexity index is 356. The predicted octanol–water partition coefficient (Wildman–Crippen LogP) is 5.30. The van der Waals surface area contributed by atoms with Gasteiger partial charge in [-0.2, -0.15) is 0 Å². The highest BCUT2D eigenvalue weighted by molar-refractivity contribution is 5.23. The molecule has 0 radical (unpaired) electrons. The lowest BCUT2D eigenvalue weighted by atomic mass is 10.0. The molecule has 0 aliphatic carbocycles. The second-order valence-corrected chi connectivity index (χ2v) is 5.86. The maximum atomic E-state index is 5.60. The van der Waals surface area contributed by atoms with E-state index in [-0.39, 0.29) is 0 Å². The first-order valence-corrected chi connectivity index (χ1v) is 7.87. The van der Waals surface area contributed by atoms with E-state index in [0.717, 1.165) is 11.5 Å². The van der Waals surface area contributed by atoms with Crippen LogP contribution in [0.5, 0.6) is 0 Å². The molecule has 1 N–H and O–H groups in total. The highest BCUT2D eigenvalue weighted by Crippen LogP contribution is 2.22. The second kappa shape index (κ2) is 8.42. The van der Waals surface area contributed by atoms with Crippen molar-refractivity contribution in [3.8, 4) is 0 Å². The minimum absolute atomic E-state index is 0.378. The Morgan fingerprint density at radius 1 is 1.11 bits per heavy atom. The molecule has 2 atom stereocenters. The molecule has 1 heterocycles. The molecule has 2 heteroatoms. The standard InChI is InChI=1S/C17H31NO/c1-6-7-8-9-10-11-13(2)18-15(4)17-12-14(3)19-16(17)5/h12-13,15,18H,6-11H2,1-5H3. The van der Waals surface area contributed by atoms with E-state index in [9.17, 15) is 0 Å². The lowest BCUT2D eigenvalue weighted by molar-refractivity contribution is 0.429. The third-order valence-corrected chi connectivity index (χ3v) is 3.82. The minimum atomic E-state index is 0.378. The molecular weight excluding hydrogens is 234 g/mol. The van der Waals surface area contributed by atoms with Gasteiger partial charge in [0.2, 0.25) is 0 Å². The molecule has 0 amide bonds. The molecule has 0 aliphatic rings. The van der Waals surface area contributed by atoms with E-state index in [1.54, 1.807) is 0 Å². The van der Waals surface area contributed by atoms with Crippen molar-refractivity contribution in [1.29, 1.82) is 0 Å². The fraction of sp³-hybridized carbons (Fsp3) is 0.765. The third-order valence-electron chi connectivity index (χ3n) is 3.82. The van der Waals surface area contributed by atoms with Crippen LogP contribution in [-0.4, -0.2) is 6.04 Å². The van der Waals surface area contributed by atoms with Gasteiger partial charge in [-0.25, -0.2) is 0 Å². The van der Waals surface area contributed by atoms with Crippen LogP contribution in [0, 0.1) is 13.8 Å². The van der Waals surface area contributed by atoms with Crippen LogP contribution in [0.4, 0.5) is 0 Å². The summed E-state index contributed by atoms with van der Waals surface area (Å²) in [6.07, 6.45) is 8.07. The van der Waals surface area contributed by atoms with E-state index in [0.29, 0.717) is 12.1 Å². The first-order chi connectivity index (χ1) is 9.04. The first-order valence-electron chi connectivity index (χ1n) is 7.87. The SMILES string of the molecule is CCCCCCCC(C)NC(C)c1cc(C)oc1C. The van der Waals surface area contributed by atoms with Crippen LogP contribution in [-0.2, 0) is 0 Å². The molecule has 110 valence electrons. The quantitative estimate of drug-likeness (QED) is 0.613. The zero-order chi connectivity index (χ0) is 14.3. The summed E-state index contributed by atoms with van der Waals surface area (Å²) >= 11 is 0. The maximum absolute atomic E-state index is 5.60. The van der Waals surface area contributed by atoms with Gasteiger partial charge in [0.15, 0.2) is 0 Å². The summed E-state index contributed by atoms with van der Waals surface area (Å²) in [6, 6.07) is 3.11. The summed E-state index contributed by atoms with van der Waals surface area (Å²) in [6.45, 7) is 10.8. The molecule has 0 spiro atoms. The molecule has 0 aromatic carbocycles. The van der Waals surface area contributed by atoms with Crippen molar-refractivity contribution in [2.75, 3.05) is 0 Å². The van der Waals surface area contributed by atoms with Crippen LogP contribution in [0.3, 0.4) is 0 Å². The lowest BCUT2D eigenvalue weighted by Crippen LogP contribution is -2.29. The predicted molar refractivity (Wildman–Crippen MR) is 82.6 cm³/mol. The van der Waals surface area contributed by atoms with Gasteiger partial charge in [0.25, 0.3) is 0 Å². The summed E-state index contributed by atoms with van der Waals surface area (Å²) < 4.78 is 5.60. The third kappa shape index (κ3) is 5.82. The van der Waals surface area contributed by atoms with Crippen LogP contribution in [0.25, 0.3) is 0 Å². The summed E-state index contributed by atoms with van der Waals surface area (Å²) in [5, 5.41) is 3.68. The zero-order valence-corrected chi connectivity index (χ0v) is 13.4. The molecule has 0 fully saturated rings. The van der Waals surface area contributed by atoms with E-state index in [4.69, 9.17) is 4.42 Å². The van der Waals surface area contributed by atoms with Crippen molar-refractivity contribution < 1.29 is 4.42 Å². The molecule has 2 nitrogen and oxygen atoms in total. The van der Waals surface area contributed by atoms with Crippen molar-refractivity contribution in [3.63, 3.8) is 0 Å². The molecular formula is C17H31NO. The molecule has 1 aromatic heterocycles. The van der Waals surface area contributed by atoms with Crippen molar-refractivity contribution in [1.82, 2.24) is 5.32 Å². The smallest absolute Gasteiger partial charge is 0.105 e. The highest BCUT2D eigenvalue weighted by Gasteiger charge is 2.14. The van der Waals surface area contributed by atoms with E-state index in [1.165, 1.54) is 44.1 Å². The van der Waals surface area contributed by atoms with Crippen LogP contribution >= 0.6 is 0 Å². The average Bonchev–Trinajstić information content (AvgIpc) is 2.68. The Morgan fingerprint density at radius 3 is 2.37 bits per heavy atom. The molecule has 0 aliphatic heterocycles. The number of hydrogen-bond acceptors (Lipinski definition) is 2. The van der Waals surface area contributed by atoms with Crippen molar-refractivity contribution in [2.24, 2.45) is 0 Å². The first kappa shape index (κ1) is 16.3. The van der Waals surface area contributed by atoms with E-state index >= 15 is 0 Å². The maximum Gasteiger partial charge on any atom is 0.105 e. The van der Waals surface area contributed by atoms with Gasteiger partial charge in [0, 0.05) is 17.6 Å². The number of unbranched alkanes of at least 4 members (excludes halogenated alkanes) is 4. The molecule has 1 aromatic rings. The number of rotatable bonds is 9. The molecule has 19 heavy (non-hydrogen) atoms. The van der Waals surface area contributed by atoms with E-state index in [1.807, 2.05) is 6.92 Å². The van der Waals surface area contributed by atoms with Gasteiger partial charge in [-0.1, -0.05) is 39.0 Å². The molecule has 0 bridgehead atoms. The van der Waals surface area contributed by atoms with Crippen LogP contribution in [0.1, 0.15) is 82.4 Å². The number of nitrogens with one attached hydrogen (secondary N) is 1. The van der Waals surface area contributed by atoms with Gasteiger partial charge in [0.1, 0.15) is 11.5 Å². The fourth-order valence-electron chi connectivity index (χ4n) is 2.73. The van der Waals surface area contributed by atoms with Crippen molar-refractivity contribution in [2.45, 2.75) is 85.2 Å². The number of furan rings is 1. The summed E-state index contributed by atoms with van der Waals surface area (Å²) in [5.74, 6) is 2.06. The largest absolute Gasteiger partial charge is 0.466 e. The summed E-state index contributed by atoms with van der Waals surface area (Å²) in [5.41, 5.74) is 1.30. The fourth-order valence-corrected chi connectivity index (χ4v) is 2.73. The Labute approximate surface area is 119 Å². The van der Waals surface area contributed by atoms with Crippen LogP contribution in [0.2, 0.25) is 0 Å². The van der Waals surface area contributed by atoms with Crippen LogP contribution < -0.4 is 5.32 Å². The van der Waals surface area contributed by atoms with Crippen molar-refractivity contribution >= 4 is 0 Å². The Hall–Kier alpha value is -0.760. The topological polar surface area (TPSA) is 25.2 Å². The molecule has 1 rings (SSSR count). The number of hydrogen-bond donors (Lipinski definition) is 1. The number of aryl methyl sites for hydroxylation is 2. The molecule has 0 saturated heterocycles. The minimum Gasteiger partial charge on any atom is -0.466 e. The summed E-state index contributed by atoms with van der Waals surface area (Å²) in [7, 11) is 0. The summed E-state index contributed by atoms with van der Waals surface area (Å²) in [4.78, 5) is 0. The van der Waals surface area contributed by atoms with E-state index < -0.39 is 0 Å². The zero-order valence-electron chi connectivity index (χ0n) is 13.4. The molecule has 2 unspecified atom stereocenters.